The van der Waals surface area contributed by atoms with E-state index in [1.54, 1.807) is 0 Å². The van der Waals surface area contributed by atoms with Crippen LogP contribution in [0.25, 0.3) is 11.0 Å². The predicted octanol–water partition coefficient (Wildman–Crippen LogP) is 3.35. The number of rotatable bonds is 2. The van der Waals surface area contributed by atoms with E-state index in [0.717, 1.165) is 36.8 Å². The molecule has 18 heavy (non-hydrogen) atoms. The number of benzene rings is 1. The largest absolute Gasteiger partial charge is 0.329 e. The number of imidazole rings is 1. The molecule has 1 aromatic heterocycles. The molecular formula is C14H15IN2O. The highest BCUT2D eigenvalue weighted by Crippen LogP contribution is 2.36. The Labute approximate surface area is 120 Å². The number of nitrogens with zero attached hydrogens (tertiary/aromatic N) is 2. The summed E-state index contributed by atoms with van der Waals surface area (Å²) in [7, 11) is 0. The van der Waals surface area contributed by atoms with Crippen LogP contribution >= 0.6 is 22.6 Å². The van der Waals surface area contributed by atoms with E-state index in [9.17, 15) is 4.79 Å². The SMILES string of the molecule is O=C1CCC[C@](I)(Cn2cnc3ccccc32)C1. The van der Waals surface area contributed by atoms with Gasteiger partial charge in [-0.05, 0) is 25.0 Å². The first-order valence-corrected chi connectivity index (χ1v) is 7.35. The Morgan fingerprint density at radius 1 is 1.39 bits per heavy atom. The second-order valence-electron chi connectivity index (χ2n) is 5.08. The van der Waals surface area contributed by atoms with Crippen LogP contribution in [-0.4, -0.2) is 18.8 Å². The summed E-state index contributed by atoms with van der Waals surface area (Å²) in [6.07, 6.45) is 5.49. The van der Waals surface area contributed by atoms with Gasteiger partial charge in [0.05, 0.1) is 17.4 Å². The van der Waals surface area contributed by atoms with Crippen molar-refractivity contribution in [2.75, 3.05) is 0 Å². The fourth-order valence-electron chi connectivity index (χ4n) is 2.71. The summed E-state index contributed by atoms with van der Waals surface area (Å²) in [6.45, 7) is 0.875. The summed E-state index contributed by atoms with van der Waals surface area (Å²) in [5.74, 6) is 0.403. The van der Waals surface area contributed by atoms with Gasteiger partial charge in [-0.1, -0.05) is 34.7 Å². The zero-order chi connectivity index (χ0) is 12.6. The first kappa shape index (κ1) is 12.1. The molecule has 1 aliphatic carbocycles. The van der Waals surface area contributed by atoms with E-state index in [1.165, 1.54) is 0 Å². The molecule has 94 valence electrons. The number of carbonyl (C=O) groups is 1. The summed E-state index contributed by atoms with van der Waals surface area (Å²) in [6, 6.07) is 8.15. The summed E-state index contributed by atoms with van der Waals surface area (Å²) in [5, 5.41) is 0. The van der Waals surface area contributed by atoms with E-state index in [2.05, 4.69) is 38.2 Å². The summed E-state index contributed by atoms with van der Waals surface area (Å²) in [4.78, 5) is 16.1. The lowest BCUT2D eigenvalue weighted by atomic mass is 9.88. The fourth-order valence-corrected chi connectivity index (χ4v) is 3.88. The van der Waals surface area contributed by atoms with Crippen LogP contribution in [0.15, 0.2) is 30.6 Å². The van der Waals surface area contributed by atoms with Gasteiger partial charge in [0.2, 0.25) is 0 Å². The quantitative estimate of drug-likeness (QED) is 0.612. The molecule has 2 aromatic rings. The van der Waals surface area contributed by atoms with Crippen LogP contribution in [0.5, 0.6) is 0 Å². The molecule has 0 unspecified atom stereocenters. The smallest absolute Gasteiger partial charge is 0.134 e. The summed E-state index contributed by atoms with van der Waals surface area (Å²) >= 11 is 2.47. The lowest BCUT2D eigenvalue weighted by molar-refractivity contribution is -0.120. The Hall–Kier alpha value is -0.910. The topological polar surface area (TPSA) is 34.9 Å². The van der Waals surface area contributed by atoms with Gasteiger partial charge in [0.15, 0.2) is 0 Å². The normalized spacial score (nSPS) is 24.6. The molecule has 1 fully saturated rings. The Morgan fingerprint density at radius 3 is 3.06 bits per heavy atom. The van der Waals surface area contributed by atoms with Gasteiger partial charge in [0, 0.05) is 22.8 Å². The average Bonchev–Trinajstić information content (AvgIpc) is 2.72. The monoisotopic (exact) mass is 354 g/mol. The number of alkyl halides is 1. The maximum atomic E-state index is 11.6. The number of ketones is 1. The Morgan fingerprint density at radius 2 is 2.22 bits per heavy atom. The van der Waals surface area contributed by atoms with E-state index < -0.39 is 0 Å². The predicted molar refractivity (Wildman–Crippen MR) is 80.0 cm³/mol. The fraction of sp³-hybridized carbons (Fsp3) is 0.429. The van der Waals surface area contributed by atoms with Crippen molar-refractivity contribution in [1.82, 2.24) is 9.55 Å². The second-order valence-corrected chi connectivity index (χ2v) is 7.37. The minimum Gasteiger partial charge on any atom is -0.329 e. The molecule has 0 radical (unpaired) electrons. The summed E-state index contributed by atoms with van der Waals surface area (Å²) in [5.41, 5.74) is 2.19. The van der Waals surface area contributed by atoms with Gasteiger partial charge in [-0.25, -0.2) is 4.98 Å². The third kappa shape index (κ3) is 2.30. The lowest BCUT2D eigenvalue weighted by Crippen LogP contribution is -2.33. The molecule has 0 amide bonds. The number of halogens is 1. The van der Waals surface area contributed by atoms with Crippen LogP contribution in [0.3, 0.4) is 0 Å². The van der Waals surface area contributed by atoms with Crippen molar-refractivity contribution in [3.63, 3.8) is 0 Å². The van der Waals surface area contributed by atoms with E-state index in [4.69, 9.17) is 0 Å². The molecule has 0 saturated heterocycles. The van der Waals surface area contributed by atoms with Crippen molar-refractivity contribution in [1.29, 1.82) is 0 Å². The van der Waals surface area contributed by atoms with Crippen LogP contribution in [-0.2, 0) is 11.3 Å². The highest BCUT2D eigenvalue weighted by molar-refractivity contribution is 14.1. The molecule has 3 rings (SSSR count). The van der Waals surface area contributed by atoms with Gasteiger partial charge in [0.1, 0.15) is 5.78 Å². The van der Waals surface area contributed by atoms with Gasteiger partial charge in [0.25, 0.3) is 0 Å². The second kappa shape index (κ2) is 4.64. The molecule has 4 heteroatoms. The van der Waals surface area contributed by atoms with E-state index >= 15 is 0 Å². The standard InChI is InChI=1S/C14H15IN2O/c15-14(7-3-4-11(18)8-14)9-17-10-16-12-5-1-2-6-13(12)17/h1-2,5-6,10H,3-4,7-9H2/t14-/m1/s1. The van der Waals surface area contributed by atoms with Crippen molar-refractivity contribution in [3.05, 3.63) is 30.6 Å². The molecule has 1 saturated carbocycles. The highest BCUT2D eigenvalue weighted by Gasteiger charge is 2.33. The molecule has 1 aliphatic rings. The van der Waals surface area contributed by atoms with Crippen LogP contribution in [0.4, 0.5) is 0 Å². The van der Waals surface area contributed by atoms with Crippen molar-refractivity contribution >= 4 is 39.4 Å². The first-order valence-electron chi connectivity index (χ1n) is 6.27. The van der Waals surface area contributed by atoms with E-state index in [0.29, 0.717) is 12.2 Å². The van der Waals surface area contributed by atoms with Crippen molar-refractivity contribution < 1.29 is 4.79 Å². The molecule has 0 spiro atoms. The number of para-hydroxylation sites is 2. The molecule has 0 aliphatic heterocycles. The van der Waals surface area contributed by atoms with Gasteiger partial charge in [-0.15, -0.1) is 0 Å². The summed E-state index contributed by atoms with van der Waals surface area (Å²) < 4.78 is 2.25. The minimum absolute atomic E-state index is 0.0660. The third-order valence-electron chi connectivity index (χ3n) is 3.58. The molecule has 1 atom stereocenters. The highest BCUT2D eigenvalue weighted by atomic mass is 127. The lowest BCUT2D eigenvalue weighted by Gasteiger charge is -2.31. The maximum absolute atomic E-state index is 11.6. The molecule has 1 heterocycles. The Kier molecular flexibility index (Phi) is 3.13. The first-order chi connectivity index (χ1) is 8.66. The van der Waals surface area contributed by atoms with Crippen LogP contribution in [0.1, 0.15) is 25.7 Å². The number of carbonyl (C=O) groups excluding carboxylic acids is 1. The number of fused-ring (bicyclic) bond motifs is 1. The number of aromatic nitrogens is 2. The Bertz CT molecular complexity index is 592. The van der Waals surface area contributed by atoms with Gasteiger partial charge in [-0.2, -0.15) is 0 Å². The zero-order valence-corrected chi connectivity index (χ0v) is 12.3. The van der Waals surface area contributed by atoms with E-state index in [-0.39, 0.29) is 3.42 Å². The molecule has 3 nitrogen and oxygen atoms in total. The number of Topliss-reactive ketones (excluding diaryl/α,β-unsaturated/α-hetero) is 1. The molecular weight excluding hydrogens is 339 g/mol. The number of hydrogen-bond acceptors (Lipinski definition) is 2. The van der Waals surface area contributed by atoms with Gasteiger partial charge >= 0.3 is 0 Å². The van der Waals surface area contributed by atoms with Crippen LogP contribution in [0.2, 0.25) is 0 Å². The molecule has 0 bridgehead atoms. The van der Waals surface area contributed by atoms with Crippen molar-refractivity contribution in [3.8, 4) is 0 Å². The van der Waals surface area contributed by atoms with Gasteiger partial charge < -0.3 is 4.57 Å². The van der Waals surface area contributed by atoms with Crippen molar-refractivity contribution in [2.45, 2.75) is 35.6 Å². The molecule has 0 N–H and O–H groups in total. The van der Waals surface area contributed by atoms with Crippen molar-refractivity contribution in [2.24, 2.45) is 0 Å². The maximum Gasteiger partial charge on any atom is 0.134 e. The minimum atomic E-state index is 0.0660. The van der Waals surface area contributed by atoms with Crippen LogP contribution < -0.4 is 0 Å². The third-order valence-corrected chi connectivity index (χ3v) is 4.84. The zero-order valence-electron chi connectivity index (χ0n) is 10.1. The molecule has 1 aromatic carbocycles. The Balaban J connectivity index is 1.89. The number of hydrogen-bond donors (Lipinski definition) is 0. The average molecular weight is 354 g/mol. The van der Waals surface area contributed by atoms with Gasteiger partial charge in [-0.3, -0.25) is 4.79 Å². The van der Waals surface area contributed by atoms with E-state index in [1.807, 2.05) is 24.5 Å². The van der Waals surface area contributed by atoms with Crippen LogP contribution in [0, 0.1) is 0 Å².